The first-order chi connectivity index (χ1) is 8.77. The Balaban J connectivity index is 2.16. The van der Waals surface area contributed by atoms with Gasteiger partial charge in [-0.15, -0.1) is 0 Å². The van der Waals surface area contributed by atoms with Crippen LogP contribution >= 0.6 is 11.8 Å². The van der Waals surface area contributed by atoms with Gasteiger partial charge in [-0.05, 0) is 43.4 Å². The molecule has 98 valence electrons. The number of ether oxygens (including phenoxy) is 1. The molecule has 4 heteroatoms. The molecule has 1 saturated heterocycles. The zero-order valence-electron chi connectivity index (χ0n) is 10.6. The summed E-state index contributed by atoms with van der Waals surface area (Å²) in [4.78, 5) is 12.2. The van der Waals surface area contributed by atoms with Crippen LogP contribution in [0.5, 0.6) is 0 Å². The molecule has 0 aliphatic carbocycles. The van der Waals surface area contributed by atoms with Crippen molar-refractivity contribution in [2.45, 2.75) is 25.3 Å². The number of anilines is 1. The molecule has 0 saturated carbocycles. The molecule has 0 radical (unpaired) electrons. The maximum atomic E-state index is 12.2. The number of carbonyl (C=O) groups excluding carboxylic acids is 1. The van der Waals surface area contributed by atoms with Crippen molar-refractivity contribution in [3.05, 3.63) is 30.3 Å². The summed E-state index contributed by atoms with van der Waals surface area (Å²) in [6, 6.07) is 9.89. The minimum atomic E-state index is -0.539. The van der Waals surface area contributed by atoms with E-state index in [0.717, 1.165) is 30.0 Å². The summed E-state index contributed by atoms with van der Waals surface area (Å²) in [5.74, 6) is 1.88. The highest BCUT2D eigenvalue weighted by molar-refractivity contribution is 7.99. The molecule has 1 fully saturated rings. The van der Waals surface area contributed by atoms with Gasteiger partial charge in [0.05, 0.1) is 6.61 Å². The minimum Gasteiger partial charge on any atom is -0.464 e. The highest BCUT2D eigenvalue weighted by atomic mass is 32.2. The van der Waals surface area contributed by atoms with Crippen LogP contribution in [0.15, 0.2) is 30.3 Å². The Kier molecular flexibility index (Phi) is 4.53. The first kappa shape index (κ1) is 13.3. The lowest BCUT2D eigenvalue weighted by molar-refractivity contribution is -0.148. The highest BCUT2D eigenvalue weighted by Crippen LogP contribution is 2.31. The summed E-state index contributed by atoms with van der Waals surface area (Å²) >= 11 is 1.90. The third kappa shape index (κ3) is 2.99. The van der Waals surface area contributed by atoms with Crippen molar-refractivity contribution in [1.29, 1.82) is 0 Å². The van der Waals surface area contributed by atoms with Gasteiger partial charge in [-0.1, -0.05) is 18.2 Å². The Morgan fingerprint density at radius 2 is 2.00 bits per heavy atom. The second-order valence-corrected chi connectivity index (χ2v) is 5.63. The number of para-hydroxylation sites is 1. The maximum Gasteiger partial charge on any atom is 0.331 e. The van der Waals surface area contributed by atoms with Crippen molar-refractivity contribution in [1.82, 2.24) is 0 Å². The number of nitrogens with one attached hydrogen (secondary N) is 1. The van der Waals surface area contributed by atoms with Gasteiger partial charge in [0, 0.05) is 5.69 Å². The van der Waals surface area contributed by atoms with E-state index < -0.39 is 5.54 Å². The molecule has 1 aliphatic heterocycles. The summed E-state index contributed by atoms with van der Waals surface area (Å²) < 4.78 is 5.25. The third-order valence-electron chi connectivity index (χ3n) is 3.17. The second-order valence-electron chi connectivity index (χ2n) is 4.41. The quantitative estimate of drug-likeness (QED) is 0.850. The fourth-order valence-electron chi connectivity index (χ4n) is 2.17. The van der Waals surface area contributed by atoms with Gasteiger partial charge in [-0.25, -0.2) is 4.79 Å². The van der Waals surface area contributed by atoms with Gasteiger partial charge in [0.2, 0.25) is 0 Å². The van der Waals surface area contributed by atoms with Crippen LogP contribution in [0.1, 0.15) is 19.8 Å². The zero-order valence-corrected chi connectivity index (χ0v) is 11.5. The van der Waals surface area contributed by atoms with Crippen molar-refractivity contribution in [2.24, 2.45) is 0 Å². The highest BCUT2D eigenvalue weighted by Gasteiger charge is 2.41. The number of thioether (sulfide) groups is 1. The van der Waals surface area contributed by atoms with Gasteiger partial charge in [0.25, 0.3) is 0 Å². The predicted molar refractivity (Wildman–Crippen MR) is 76.0 cm³/mol. The van der Waals surface area contributed by atoms with Gasteiger partial charge < -0.3 is 10.1 Å². The predicted octanol–water partition coefficient (Wildman–Crippen LogP) is 2.93. The van der Waals surface area contributed by atoms with E-state index >= 15 is 0 Å². The smallest absolute Gasteiger partial charge is 0.331 e. The largest absolute Gasteiger partial charge is 0.464 e. The second kappa shape index (κ2) is 6.14. The summed E-state index contributed by atoms with van der Waals surface area (Å²) in [6.07, 6.45) is 1.65. The zero-order chi connectivity index (χ0) is 12.8. The number of esters is 1. The first-order valence-electron chi connectivity index (χ1n) is 6.35. The lowest BCUT2D eigenvalue weighted by Gasteiger charge is -2.36. The summed E-state index contributed by atoms with van der Waals surface area (Å²) in [6.45, 7) is 2.29. The lowest BCUT2D eigenvalue weighted by Crippen LogP contribution is -2.50. The molecular weight excluding hydrogens is 246 g/mol. The van der Waals surface area contributed by atoms with Crippen molar-refractivity contribution in [3.63, 3.8) is 0 Å². The molecule has 0 amide bonds. The van der Waals surface area contributed by atoms with E-state index in [0.29, 0.717) is 6.61 Å². The Morgan fingerprint density at radius 1 is 1.33 bits per heavy atom. The van der Waals surface area contributed by atoms with Gasteiger partial charge >= 0.3 is 5.97 Å². The molecule has 1 aliphatic rings. The van der Waals surface area contributed by atoms with Gasteiger partial charge in [0.15, 0.2) is 0 Å². The third-order valence-corrected chi connectivity index (χ3v) is 4.16. The van der Waals surface area contributed by atoms with E-state index in [1.807, 2.05) is 49.0 Å². The Hall–Kier alpha value is -1.16. The number of rotatable bonds is 4. The van der Waals surface area contributed by atoms with E-state index in [1.165, 1.54) is 0 Å². The number of hydrogen-bond donors (Lipinski definition) is 1. The molecule has 1 aromatic carbocycles. The summed E-state index contributed by atoms with van der Waals surface area (Å²) in [5.41, 5.74) is 0.445. The van der Waals surface area contributed by atoms with Crippen molar-refractivity contribution in [3.8, 4) is 0 Å². The standard InChI is InChI=1S/C14H19NO2S/c1-2-17-13(16)14(8-10-18-11-9-14)15-12-6-4-3-5-7-12/h3-7,15H,2,8-11H2,1H3. The fraction of sp³-hybridized carbons (Fsp3) is 0.500. The van der Waals surface area contributed by atoms with Crippen LogP contribution in [-0.4, -0.2) is 29.6 Å². The van der Waals surface area contributed by atoms with Crippen LogP contribution in [0.3, 0.4) is 0 Å². The number of hydrogen-bond acceptors (Lipinski definition) is 4. The number of benzene rings is 1. The van der Waals surface area contributed by atoms with E-state index in [9.17, 15) is 4.79 Å². The van der Waals surface area contributed by atoms with Gasteiger partial charge in [-0.2, -0.15) is 11.8 Å². The average molecular weight is 265 g/mol. The van der Waals surface area contributed by atoms with E-state index in [2.05, 4.69) is 5.32 Å². The van der Waals surface area contributed by atoms with Crippen molar-refractivity contribution >= 4 is 23.4 Å². The topological polar surface area (TPSA) is 38.3 Å². The van der Waals surface area contributed by atoms with Crippen LogP contribution in [0.4, 0.5) is 5.69 Å². The molecule has 1 aromatic rings. The molecule has 1 heterocycles. The van der Waals surface area contributed by atoms with Crippen molar-refractivity contribution < 1.29 is 9.53 Å². The van der Waals surface area contributed by atoms with Gasteiger partial charge in [-0.3, -0.25) is 0 Å². The molecule has 0 aromatic heterocycles. The van der Waals surface area contributed by atoms with E-state index in [-0.39, 0.29) is 5.97 Å². The van der Waals surface area contributed by atoms with Crippen LogP contribution in [-0.2, 0) is 9.53 Å². The van der Waals surface area contributed by atoms with Crippen LogP contribution in [0.2, 0.25) is 0 Å². The molecule has 0 spiro atoms. The molecule has 1 N–H and O–H groups in total. The Labute approximate surface area is 112 Å². The fourth-order valence-corrected chi connectivity index (χ4v) is 3.36. The Bertz CT molecular complexity index is 388. The molecule has 0 bridgehead atoms. The summed E-state index contributed by atoms with van der Waals surface area (Å²) in [7, 11) is 0. The molecule has 0 unspecified atom stereocenters. The van der Waals surface area contributed by atoms with Crippen LogP contribution < -0.4 is 5.32 Å². The Morgan fingerprint density at radius 3 is 2.61 bits per heavy atom. The molecule has 18 heavy (non-hydrogen) atoms. The molecule has 0 atom stereocenters. The van der Waals surface area contributed by atoms with Crippen LogP contribution in [0.25, 0.3) is 0 Å². The molecule has 3 nitrogen and oxygen atoms in total. The molecular formula is C14H19NO2S. The minimum absolute atomic E-state index is 0.117. The molecule has 2 rings (SSSR count). The first-order valence-corrected chi connectivity index (χ1v) is 7.50. The maximum absolute atomic E-state index is 12.2. The average Bonchev–Trinajstić information content (AvgIpc) is 2.41. The number of carbonyl (C=O) groups is 1. The normalized spacial score (nSPS) is 18.1. The SMILES string of the molecule is CCOC(=O)C1(Nc2ccccc2)CCSCC1. The van der Waals surface area contributed by atoms with E-state index in [1.54, 1.807) is 0 Å². The van der Waals surface area contributed by atoms with E-state index in [4.69, 9.17) is 4.74 Å². The monoisotopic (exact) mass is 265 g/mol. The van der Waals surface area contributed by atoms with Crippen molar-refractivity contribution in [2.75, 3.05) is 23.4 Å². The van der Waals surface area contributed by atoms with Crippen LogP contribution in [0, 0.1) is 0 Å². The summed E-state index contributed by atoms with van der Waals surface area (Å²) in [5, 5.41) is 3.39. The van der Waals surface area contributed by atoms with Gasteiger partial charge in [0.1, 0.15) is 5.54 Å². The lowest BCUT2D eigenvalue weighted by atomic mass is 9.91.